The van der Waals surface area contributed by atoms with Gasteiger partial charge in [-0.05, 0) is 59.9 Å². The molecule has 30 heavy (non-hydrogen) atoms. The number of nitrogens with zero attached hydrogens (tertiary/aromatic N) is 3. The number of halogens is 1. The number of rotatable bonds is 8. The fourth-order valence-electron chi connectivity index (χ4n) is 3.14. The fraction of sp³-hybridized carbons (Fsp3) is 0.273. The molecule has 1 amide bonds. The van der Waals surface area contributed by atoms with Crippen LogP contribution in [0.4, 0.5) is 0 Å². The van der Waals surface area contributed by atoms with Gasteiger partial charge in [0.25, 0.3) is 5.56 Å². The van der Waals surface area contributed by atoms with Crippen LogP contribution in [0.1, 0.15) is 27.8 Å². The minimum atomic E-state index is -0.246. The maximum atomic E-state index is 12.8. The first-order valence-corrected chi connectivity index (χ1v) is 10.0. The Morgan fingerprint density at radius 3 is 2.70 bits per heavy atom. The molecule has 3 aromatic rings. The summed E-state index contributed by atoms with van der Waals surface area (Å²) in [5.74, 6) is -0.245. The van der Waals surface area contributed by atoms with E-state index in [2.05, 4.69) is 15.4 Å². The SMILES string of the molecule is Cc1cnn(CCc2ccncc2)c(=O)c1CC(=O)NCc1cc(Cl)ccc1CN. The number of nitrogens with one attached hydrogen (secondary N) is 1. The van der Waals surface area contributed by atoms with Gasteiger partial charge in [-0.1, -0.05) is 17.7 Å². The summed E-state index contributed by atoms with van der Waals surface area (Å²) < 4.78 is 1.40. The zero-order chi connectivity index (χ0) is 21.5. The summed E-state index contributed by atoms with van der Waals surface area (Å²) >= 11 is 6.04. The highest BCUT2D eigenvalue weighted by atomic mass is 35.5. The first-order chi connectivity index (χ1) is 14.5. The van der Waals surface area contributed by atoms with E-state index < -0.39 is 0 Å². The summed E-state index contributed by atoms with van der Waals surface area (Å²) in [6, 6.07) is 9.20. The zero-order valence-corrected chi connectivity index (χ0v) is 17.5. The Bertz CT molecular complexity index is 1080. The van der Waals surface area contributed by atoms with Crippen molar-refractivity contribution >= 4 is 17.5 Å². The Labute approximate surface area is 179 Å². The van der Waals surface area contributed by atoms with E-state index in [0.29, 0.717) is 42.2 Å². The standard InChI is InChI=1S/C22H24ClN5O2/c1-15-13-27-28(9-6-16-4-7-25-8-5-16)22(30)20(15)11-21(29)26-14-18-10-19(23)3-2-17(18)12-24/h2-5,7-8,10,13H,6,9,11-12,14,24H2,1H3,(H,26,29). The van der Waals surface area contributed by atoms with Gasteiger partial charge in [-0.3, -0.25) is 14.6 Å². The van der Waals surface area contributed by atoms with E-state index in [1.807, 2.05) is 18.2 Å². The molecule has 156 valence electrons. The van der Waals surface area contributed by atoms with Gasteiger partial charge in [0.2, 0.25) is 5.91 Å². The van der Waals surface area contributed by atoms with Crippen molar-refractivity contribution < 1.29 is 4.79 Å². The smallest absolute Gasteiger partial charge is 0.270 e. The second-order valence-electron chi connectivity index (χ2n) is 7.01. The lowest BCUT2D eigenvalue weighted by atomic mass is 10.1. The third kappa shape index (κ3) is 5.52. The van der Waals surface area contributed by atoms with E-state index in [9.17, 15) is 9.59 Å². The van der Waals surface area contributed by atoms with Crippen molar-refractivity contribution in [1.29, 1.82) is 0 Å². The van der Waals surface area contributed by atoms with Gasteiger partial charge in [0.05, 0.1) is 12.6 Å². The van der Waals surface area contributed by atoms with E-state index in [0.717, 1.165) is 16.7 Å². The van der Waals surface area contributed by atoms with Crippen molar-refractivity contribution in [3.63, 3.8) is 0 Å². The molecule has 0 saturated heterocycles. The highest BCUT2D eigenvalue weighted by Gasteiger charge is 2.14. The predicted molar refractivity (Wildman–Crippen MR) is 116 cm³/mol. The summed E-state index contributed by atoms with van der Waals surface area (Å²) in [6.07, 6.45) is 5.70. The predicted octanol–water partition coefficient (Wildman–Crippen LogP) is 2.16. The Balaban J connectivity index is 1.67. The molecular formula is C22H24ClN5O2. The largest absolute Gasteiger partial charge is 0.352 e. The van der Waals surface area contributed by atoms with Crippen LogP contribution in [0.5, 0.6) is 0 Å². The lowest BCUT2D eigenvalue weighted by Crippen LogP contribution is -2.32. The molecule has 0 radical (unpaired) electrons. The van der Waals surface area contributed by atoms with E-state index in [1.165, 1.54) is 4.68 Å². The van der Waals surface area contributed by atoms with Gasteiger partial charge in [-0.25, -0.2) is 4.68 Å². The fourth-order valence-corrected chi connectivity index (χ4v) is 3.34. The topological polar surface area (TPSA) is 103 Å². The van der Waals surface area contributed by atoms with Crippen molar-refractivity contribution in [2.24, 2.45) is 5.73 Å². The van der Waals surface area contributed by atoms with Crippen LogP contribution in [0.25, 0.3) is 0 Å². The molecule has 0 aliphatic carbocycles. The van der Waals surface area contributed by atoms with Crippen molar-refractivity contribution in [2.75, 3.05) is 0 Å². The highest BCUT2D eigenvalue weighted by Crippen LogP contribution is 2.16. The van der Waals surface area contributed by atoms with Gasteiger partial charge in [-0.2, -0.15) is 5.10 Å². The van der Waals surface area contributed by atoms with Gasteiger partial charge in [-0.15, -0.1) is 0 Å². The molecule has 3 N–H and O–H groups in total. The Kier molecular flexibility index (Phi) is 7.32. The van der Waals surface area contributed by atoms with Crippen LogP contribution in [0, 0.1) is 6.92 Å². The van der Waals surface area contributed by atoms with Crippen LogP contribution in [0.2, 0.25) is 5.02 Å². The average Bonchev–Trinajstić information content (AvgIpc) is 2.75. The minimum Gasteiger partial charge on any atom is -0.352 e. The summed E-state index contributed by atoms with van der Waals surface area (Å²) in [7, 11) is 0. The Morgan fingerprint density at radius 1 is 1.20 bits per heavy atom. The van der Waals surface area contributed by atoms with Crippen LogP contribution in [0.15, 0.2) is 53.7 Å². The van der Waals surface area contributed by atoms with E-state index >= 15 is 0 Å². The van der Waals surface area contributed by atoms with Crippen LogP contribution in [0.3, 0.4) is 0 Å². The molecule has 0 spiro atoms. The number of aryl methyl sites for hydroxylation is 3. The maximum absolute atomic E-state index is 12.8. The van der Waals surface area contributed by atoms with Crippen molar-refractivity contribution in [1.82, 2.24) is 20.1 Å². The number of carbonyl (C=O) groups is 1. The molecule has 2 aromatic heterocycles. The second kappa shape index (κ2) is 10.1. The normalized spacial score (nSPS) is 10.8. The zero-order valence-electron chi connectivity index (χ0n) is 16.8. The van der Waals surface area contributed by atoms with Gasteiger partial charge < -0.3 is 11.1 Å². The van der Waals surface area contributed by atoms with Gasteiger partial charge in [0, 0.05) is 42.6 Å². The Morgan fingerprint density at radius 2 is 1.97 bits per heavy atom. The molecule has 3 rings (SSSR count). The van der Waals surface area contributed by atoms with E-state index in [4.69, 9.17) is 17.3 Å². The highest BCUT2D eigenvalue weighted by molar-refractivity contribution is 6.30. The van der Waals surface area contributed by atoms with Gasteiger partial charge in [0.1, 0.15) is 0 Å². The summed E-state index contributed by atoms with van der Waals surface area (Å²) in [4.78, 5) is 29.3. The molecule has 0 bridgehead atoms. The molecule has 0 saturated carbocycles. The molecule has 2 heterocycles. The lowest BCUT2D eigenvalue weighted by Gasteiger charge is -2.12. The summed E-state index contributed by atoms with van der Waals surface area (Å²) in [5.41, 5.74) is 9.48. The number of amides is 1. The second-order valence-corrected chi connectivity index (χ2v) is 7.45. The average molecular weight is 426 g/mol. The third-order valence-electron chi connectivity index (χ3n) is 4.92. The number of pyridine rings is 1. The van der Waals surface area contributed by atoms with Crippen molar-refractivity contribution in [2.45, 2.75) is 39.4 Å². The quantitative estimate of drug-likeness (QED) is 0.575. The number of benzene rings is 1. The number of hydrogen-bond acceptors (Lipinski definition) is 5. The van der Waals surface area contributed by atoms with Gasteiger partial charge in [0.15, 0.2) is 0 Å². The molecule has 8 heteroatoms. The van der Waals surface area contributed by atoms with Gasteiger partial charge >= 0.3 is 0 Å². The van der Waals surface area contributed by atoms with Crippen LogP contribution < -0.4 is 16.6 Å². The summed E-state index contributed by atoms with van der Waals surface area (Å²) in [5, 5.41) is 7.65. The molecule has 0 atom stereocenters. The molecular weight excluding hydrogens is 402 g/mol. The maximum Gasteiger partial charge on any atom is 0.270 e. The number of nitrogens with two attached hydrogens (primary N) is 1. The monoisotopic (exact) mass is 425 g/mol. The first kappa shape index (κ1) is 21.7. The van der Waals surface area contributed by atoms with Crippen LogP contribution in [-0.4, -0.2) is 20.7 Å². The van der Waals surface area contributed by atoms with Crippen LogP contribution >= 0.6 is 11.6 Å². The van der Waals surface area contributed by atoms with Crippen molar-refractivity contribution in [3.8, 4) is 0 Å². The Hall–Kier alpha value is -3.03. The molecule has 1 aromatic carbocycles. The molecule has 0 fully saturated rings. The van der Waals surface area contributed by atoms with E-state index in [-0.39, 0.29) is 17.9 Å². The van der Waals surface area contributed by atoms with E-state index in [1.54, 1.807) is 37.6 Å². The minimum absolute atomic E-state index is 0.0129. The first-order valence-electron chi connectivity index (χ1n) is 9.66. The molecule has 0 aliphatic heterocycles. The summed E-state index contributed by atoms with van der Waals surface area (Å²) in [6.45, 7) is 2.87. The molecule has 7 nitrogen and oxygen atoms in total. The number of carbonyl (C=O) groups excluding carboxylic acids is 1. The van der Waals surface area contributed by atoms with Crippen molar-refractivity contribution in [3.05, 3.63) is 92.1 Å². The van der Waals surface area contributed by atoms with Crippen LogP contribution in [-0.2, 0) is 37.3 Å². The number of hydrogen-bond donors (Lipinski definition) is 2. The molecule has 0 unspecified atom stereocenters. The number of aromatic nitrogens is 3. The third-order valence-corrected chi connectivity index (χ3v) is 5.16. The lowest BCUT2D eigenvalue weighted by molar-refractivity contribution is -0.120. The molecule has 0 aliphatic rings.